The lowest BCUT2D eigenvalue weighted by Gasteiger charge is -2.28. The van der Waals surface area contributed by atoms with Crippen molar-refractivity contribution in [1.29, 1.82) is 0 Å². The number of aromatic hydroxyl groups is 2. The van der Waals surface area contributed by atoms with Crippen LogP contribution in [0.4, 0.5) is 8.78 Å². The number of hydrogen-bond acceptors (Lipinski definition) is 15. The van der Waals surface area contributed by atoms with Crippen molar-refractivity contribution in [3.8, 4) is 23.1 Å². The third-order valence-electron chi connectivity index (χ3n) is 8.91. The maximum atomic E-state index is 14.0. The second-order valence-electron chi connectivity index (χ2n) is 16.8. The quantitative estimate of drug-likeness (QED) is 0.0663. The van der Waals surface area contributed by atoms with E-state index in [4.69, 9.17) is 27.9 Å². The van der Waals surface area contributed by atoms with Gasteiger partial charge in [0, 0.05) is 22.2 Å². The summed E-state index contributed by atoms with van der Waals surface area (Å²) in [4.78, 5) is 75.1. The molecule has 340 valence electrons. The molecule has 64 heavy (non-hydrogen) atoms. The minimum atomic E-state index is -1.01. The lowest BCUT2D eigenvalue weighted by molar-refractivity contribution is -0.151. The van der Waals surface area contributed by atoms with Gasteiger partial charge in [0.05, 0.1) is 39.3 Å². The van der Waals surface area contributed by atoms with Gasteiger partial charge in [-0.3, -0.25) is 19.6 Å². The van der Waals surface area contributed by atoms with Crippen molar-refractivity contribution < 1.29 is 38.4 Å². The minimum absolute atomic E-state index is 0.0210. The molecule has 6 aromatic rings. The number of carbonyl (C=O) groups excluding carboxylic acids is 1. The van der Waals surface area contributed by atoms with E-state index in [1.54, 1.807) is 59.9 Å². The summed E-state index contributed by atoms with van der Waals surface area (Å²) in [5, 5.41) is 28.1. The van der Waals surface area contributed by atoms with Crippen molar-refractivity contribution >= 4 is 80.7 Å². The predicted octanol–water partition coefficient (Wildman–Crippen LogP) is 8.62. The third-order valence-corrected chi connectivity index (χ3v) is 12.2. The standard InChI is InChI=1S/2C21H22ClFN4O4S/c1-10(2)15-16(13(6-7-24-15)32-9-14(28)31-21(3,4)5)27-18-11(19(29)26-20(27)30)8-12(23)17(22)25-18;1-9(2)13-14(12(6-7-24-13)32-15(19(29)30)21(3,4)5)27-17-10(18(28)26-20(27)31)8-11(23)16(22)25-17/h6-8,10H,9H2,1-5H3,(H,26,29,30);6-9,15H,1-5H3,(H,29,30)(H,26,28,31). The number of carbonyl (C=O) groups is 2. The summed E-state index contributed by atoms with van der Waals surface area (Å²) in [6.07, 6.45) is 3.10. The number of halogens is 4. The molecule has 0 spiro atoms. The Balaban J connectivity index is 0.000000241. The maximum Gasteiger partial charge on any atom is 0.357 e. The highest BCUT2D eigenvalue weighted by Gasteiger charge is 2.34. The number of nitrogens with zero attached hydrogens (tertiary/aromatic N) is 8. The number of carboxylic acid groups (broad SMARTS) is 1. The van der Waals surface area contributed by atoms with Crippen LogP contribution in [0.2, 0.25) is 10.3 Å². The summed E-state index contributed by atoms with van der Waals surface area (Å²) in [5.41, 5.74) is -1.58. The Morgan fingerprint density at radius 3 is 1.56 bits per heavy atom. The summed E-state index contributed by atoms with van der Waals surface area (Å²) in [5.74, 6) is -4.86. The number of thioether (sulfide) groups is 2. The number of ether oxygens (including phenoxy) is 1. The van der Waals surface area contributed by atoms with E-state index in [1.165, 1.54) is 6.20 Å². The average molecular weight is 962 g/mol. The summed E-state index contributed by atoms with van der Waals surface area (Å²) in [7, 11) is 0. The Kier molecular flexibility index (Phi) is 15.0. The Morgan fingerprint density at radius 1 is 0.750 bits per heavy atom. The molecule has 6 heterocycles. The third kappa shape index (κ3) is 10.9. The van der Waals surface area contributed by atoms with Gasteiger partial charge in [-0.25, -0.2) is 37.5 Å². The molecule has 0 fully saturated rings. The zero-order valence-corrected chi connectivity index (χ0v) is 39.3. The fourth-order valence-electron chi connectivity index (χ4n) is 6.21. The lowest BCUT2D eigenvalue weighted by Crippen LogP contribution is -2.32. The van der Waals surface area contributed by atoms with Gasteiger partial charge in [-0.05, 0) is 62.3 Å². The first-order valence-electron chi connectivity index (χ1n) is 19.4. The van der Waals surface area contributed by atoms with Crippen molar-refractivity contribution in [2.45, 2.75) is 102 Å². The zero-order chi connectivity index (χ0) is 47.7. The van der Waals surface area contributed by atoms with E-state index < -0.39 is 73.3 Å². The number of fused-ring (bicyclic) bond motifs is 2. The highest BCUT2D eigenvalue weighted by molar-refractivity contribution is 8.00. The average Bonchev–Trinajstić information content (AvgIpc) is 3.17. The molecule has 6 aromatic heterocycles. The van der Waals surface area contributed by atoms with Crippen LogP contribution in [0.15, 0.2) is 56.0 Å². The van der Waals surface area contributed by atoms with Crippen LogP contribution in [0.3, 0.4) is 0 Å². The van der Waals surface area contributed by atoms with Crippen molar-refractivity contribution in [2.24, 2.45) is 5.41 Å². The molecular formula is C42H44Cl2F2N8O8S2. The van der Waals surface area contributed by atoms with Crippen molar-refractivity contribution in [2.75, 3.05) is 5.75 Å². The molecule has 16 nitrogen and oxygen atoms in total. The van der Waals surface area contributed by atoms with Crippen LogP contribution in [0.1, 0.15) is 92.5 Å². The lowest BCUT2D eigenvalue weighted by atomic mass is 9.92. The maximum absolute atomic E-state index is 14.0. The van der Waals surface area contributed by atoms with Gasteiger partial charge in [-0.1, -0.05) is 71.7 Å². The molecule has 0 bridgehead atoms. The number of esters is 1. The number of pyridine rings is 4. The first kappa shape index (κ1) is 49.6. The summed E-state index contributed by atoms with van der Waals surface area (Å²) < 4.78 is 35.6. The van der Waals surface area contributed by atoms with Gasteiger partial charge in [0.15, 0.2) is 33.2 Å². The molecule has 0 aliphatic carbocycles. The molecule has 0 aromatic carbocycles. The van der Waals surface area contributed by atoms with Crippen LogP contribution in [0.5, 0.6) is 11.8 Å². The highest BCUT2D eigenvalue weighted by atomic mass is 35.5. The van der Waals surface area contributed by atoms with E-state index in [0.717, 1.165) is 44.8 Å². The number of aromatic nitrogens is 8. The van der Waals surface area contributed by atoms with Crippen LogP contribution in [0, 0.1) is 17.0 Å². The molecule has 0 aliphatic heterocycles. The minimum Gasteiger partial charge on any atom is -0.493 e. The van der Waals surface area contributed by atoms with E-state index in [0.29, 0.717) is 26.9 Å². The van der Waals surface area contributed by atoms with Crippen LogP contribution in [-0.2, 0) is 14.3 Å². The molecular weight excluding hydrogens is 918 g/mol. The number of aliphatic carboxylic acids is 1. The summed E-state index contributed by atoms with van der Waals surface area (Å²) in [6.45, 7) is 18.2. The van der Waals surface area contributed by atoms with Crippen LogP contribution in [-0.4, -0.2) is 82.9 Å². The molecule has 1 atom stereocenters. The van der Waals surface area contributed by atoms with Gasteiger partial charge >= 0.3 is 23.3 Å². The monoisotopic (exact) mass is 960 g/mol. The molecule has 0 saturated heterocycles. The van der Waals surface area contributed by atoms with E-state index >= 15 is 0 Å². The molecule has 0 aliphatic rings. The number of hydrogen-bond donors (Lipinski definition) is 3. The second kappa shape index (κ2) is 19.3. The Hall–Kier alpha value is -5.44. The summed E-state index contributed by atoms with van der Waals surface area (Å²) in [6, 6.07) is 5.15. The first-order chi connectivity index (χ1) is 29.7. The topological polar surface area (TPSA) is 225 Å². The Bertz CT molecular complexity index is 2920. The Labute approximate surface area is 383 Å². The normalized spacial score (nSPS) is 12.4. The van der Waals surface area contributed by atoms with Gasteiger partial charge in [0.1, 0.15) is 10.9 Å². The van der Waals surface area contributed by atoms with E-state index in [1.807, 2.05) is 27.7 Å². The molecule has 6 rings (SSSR count). The van der Waals surface area contributed by atoms with E-state index in [2.05, 4.69) is 29.9 Å². The fourth-order valence-corrected chi connectivity index (χ4v) is 8.46. The first-order valence-corrected chi connectivity index (χ1v) is 22.0. The SMILES string of the molecule is CC(C)c1nccc(SC(C(=O)O)C(C)(C)C)c1-n1c(=O)nc(O)c2cc(F)c(Cl)nc21.CC(C)c1nccc(SCC(=O)OC(C)(C)C)c1-n1c(=O)nc(O)c2cc(F)c(Cl)nc21. The molecule has 1 unspecified atom stereocenters. The van der Waals surface area contributed by atoms with Crippen molar-refractivity contribution in [1.82, 2.24) is 39.0 Å². The van der Waals surface area contributed by atoms with Gasteiger partial charge in [0.25, 0.3) is 0 Å². The van der Waals surface area contributed by atoms with Crippen LogP contribution in [0.25, 0.3) is 33.4 Å². The summed E-state index contributed by atoms with van der Waals surface area (Å²) >= 11 is 14.0. The van der Waals surface area contributed by atoms with Gasteiger partial charge in [-0.2, -0.15) is 9.97 Å². The highest BCUT2D eigenvalue weighted by Crippen LogP contribution is 2.41. The van der Waals surface area contributed by atoms with Gasteiger partial charge in [-0.15, -0.1) is 23.5 Å². The second-order valence-corrected chi connectivity index (χ2v) is 19.7. The number of carboxylic acids is 1. The van der Waals surface area contributed by atoms with Gasteiger partial charge < -0.3 is 20.1 Å². The van der Waals surface area contributed by atoms with Crippen LogP contribution >= 0.6 is 46.7 Å². The molecule has 0 amide bonds. The molecule has 3 N–H and O–H groups in total. The Morgan fingerprint density at radius 2 is 1.17 bits per heavy atom. The fraction of sp³-hybridized carbons (Fsp3) is 0.381. The molecule has 0 radical (unpaired) electrons. The molecule has 0 saturated carbocycles. The largest absolute Gasteiger partial charge is 0.493 e. The zero-order valence-electron chi connectivity index (χ0n) is 36.2. The number of rotatable bonds is 10. The van der Waals surface area contributed by atoms with E-state index in [-0.39, 0.29) is 45.3 Å². The van der Waals surface area contributed by atoms with Crippen molar-refractivity contribution in [3.05, 3.63) is 91.0 Å². The van der Waals surface area contributed by atoms with E-state index in [9.17, 15) is 43.3 Å². The van der Waals surface area contributed by atoms with Crippen LogP contribution < -0.4 is 11.4 Å². The predicted molar refractivity (Wildman–Crippen MR) is 241 cm³/mol. The smallest absolute Gasteiger partial charge is 0.357 e. The van der Waals surface area contributed by atoms with Gasteiger partial charge in [0.2, 0.25) is 11.8 Å². The van der Waals surface area contributed by atoms with Crippen molar-refractivity contribution in [3.63, 3.8) is 0 Å². The molecule has 22 heteroatoms.